The molecular weight excluding hydrogens is 204 g/mol. The number of hydrogen-bond donors (Lipinski definition) is 0. The van der Waals surface area contributed by atoms with Crippen LogP contribution in [0.1, 0.15) is 40.0 Å². The fourth-order valence-corrected chi connectivity index (χ4v) is 2.09. The van der Waals surface area contributed by atoms with Crippen molar-refractivity contribution in [1.82, 2.24) is 0 Å². The highest BCUT2D eigenvalue weighted by atomic mass is 14.3. The lowest BCUT2D eigenvalue weighted by atomic mass is 9.75. The lowest BCUT2D eigenvalue weighted by Crippen LogP contribution is -2.17. The maximum atomic E-state index is 3.82. The molecule has 0 nitrogen and oxygen atoms in total. The molecule has 1 aliphatic rings. The van der Waals surface area contributed by atoms with Crippen LogP contribution in [0.5, 0.6) is 0 Å². The topological polar surface area (TPSA) is 0 Å². The molecule has 0 saturated heterocycles. The van der Waals surface area contributed by atoms with Gasteiger partial charge in [0.05, 0.1) is 0 Å². The Hall–Kier alpha value is -1.30. The Labute approximate surface area is 106 Å². The van der Waals surface area contributed by atoms with Crippen molar-refractivity contribution in [2.75, 3.05) is 0 Å². The summed E-state index contributed by atoms with van der Waals surface area (Å²) in [6, 6.07) is 0. The number of rotatable bonds is 5. The third-order valence-corrected chi connectivity index (χ3v) is 3.27. The van der Waals surface area contributed by atoms with Gasteiger partial charge in [-0.05, 0) is 30.4 Å². The summed E-state index contributed by atoms with van der Waals surface area (Å²) in [6.45, 7) is 10.5. The van der Waals surface area contributed by atoms with Crippen LogP contribution in [0.4, 0.5) is 0 Å². The molecule has 1 rings (SSSR count). The minimum Gasteiger partial charge on any atom is -0.0991 e. The smallest absolute Gasteiger partial charge is 0.0143 e. The Bertz CT molecular complexity index is 373. The Balaban J connectivity index is 3.03. The van der Waals surface area contributed by atoms with E-state index in [-0.39, 0.29) is 5.41 Å². The van der Waals surface area contributed by atoms with Crippen LogP contribution in [0.25, 0.3) is 0 Å². The van der Waals surface area contributed by atoms with Crippen LogP contribution in [0.2, 0.25) is 0 Å². The van der Waals surface area contributed by atoms with E-state index in [0.29, 0.717) is 0 Å². The molecule has 92 valence electrons. The first-order valence-electron chi connectivity index (χ1n) is 6.49. The Morgan fingerprint density at radius 1 is 1.41 bits per heavy atom. The molecule has 0 atom stereocenters. The molecule has 0 aromatic heterocycles. The van der Waals surface area contributed by atoms with Crippen molar-refractivity contribution in [3.05, 3.63) is 60.3 Å². The van der Waals surface area contributed by atoms with Crippen LogP contribution in [0.15, 0.2) is 60.3 Å². The minimum absolute atomic E-state index is 0.0663. The average molecular weight is 228 g/mol. The first kappa shape index (κ1) is 13.8. The van der Waals surface area contributed by atoms with E-state index in [9.17, 15) is 0 Å². The highest BCUT2D eigenvalue weighted by Crippen LogP contribution is 2.38. The molecule has 0 radical (unpaired) electrons. The summed E-state index contributed by atoms with van der Waals surface area (Å²) < 4.78 is 0. The van der Waals surface area contributed by atoms with E-state index in [1.165, 1.54) is 17.6 Å². The summed E-state index contributed by atoms with van der Waals surface area (Å²) in [5.74, 6) is 0. The second kappa shape index (κ2) is 6.44. The first-order chi connectivity index (χ1) is 8.12. The maximum Gasteiger partial charge on any atom is 0.0143 e. The van der Waals surface area contributed by atoms with Gasteiger partial charge in [0.1, 0.15) is 0 Å². The summed E-state index contributed by atoms with van der Waals surface area (Å²) >= 11 is 0. The van der Waals surface area contributed by atoms with Crippen LogP contribution in [-0.4, -0.2) is 0 Å². The van der Waals surface area contributed by atoms with Gasteiger partial charge in [0.25, 0.3) is 0 Å². The fourth-order valence-electron chi connectivity index (χ4n) is 2.09. The molecule has 0 bridgehead atoms. The van der Waals surface area contributed by atoms with Gasteiger partial charge >= 0.3 is 0 Å². The van der Waals surface area contributed by atoms with Crippen LogP contribution < -0.4 is 0 Å². The second-order valence-corrected chi connectivity index (χ2v) is 4.93. The van der Waals surface area contributed by atoms with Crippen molar-refractivity contribution in [3.63, 3.8) is 0 Å². The molecule has 0 fully saturated rings. The van der Waals surface area contributed by atoms with Crippen molar-refractivity contribution in [3.8, 4) is 0 Å². The SMILES string of the molecule is C=C/C=C(\C=C/CC)C(C)(C)C1=CCCC=C1. The highest BCUT2D eigenvalue weighted by Gasteiger charge is 2.25. The van der Waals surface area contributed by atoms with E-state index in [1.807, 2.05) is 6.08 Å². The number of hydrogen-bond acceptors (Lipinski definition) is 0. The van der Waals surface area contributed by atoms with E-state index in [4.69, 9.17) is 0 Å². The van der Waals surface area contributed by atoms with E-state index in [2.05, 4.69) is 63.8 Å². The molecule has 1 aliphatic carbocycles. The van der Waals surface area contributed by atoms with Gasteiger partial charge in [0.15, 0.2) is 0 Å². The fraction of sp³-hybridized carbons (Fsp3) is 0.412. The summed E-state index contributed by atoms with van der Waals surface area (Å²) in [6.07, 6.45) is 18.7. The lowest BCUT2D eigenvalue weighted by molar-refractivity contribution is 0.560. The zero-order chi connectivity index (χ0) is 12.7. The van der Waals surface area contributed by atoms with Crippen LogP contribution in [0.3, 0.4) is 0 Å². The van der Waals surface area contributed by atoms with Crippen molar-refractivity contribution in [1.29, 1.82) is 0 Å². The predicted octanol–water partition coefficient (Wildman–Crippen LogP) is 5.37. The molecule has 0 aliphatic heterocycles. The second-order valence-electron chi connectivity index (χ2n) is 4.93. The van der Waals surface area contributed by atoms with Crippen LogP contribution in [0, 0.1) is 5.41 Å². The van der Waals surface area contributed by atoms with Gasteiger partial charge in [-0.2, -0.15) is 0 Å². The van der Waals surface area contributed by atoms with Gasteiger partial charge in [-0.1, -0.05) is 69.9 Å². The molecule has 0 saturated carbocycles. The van der Waals surface area contributed by atoms with Crippen LogP contribution in [-0.2, 0) is 0 Å². The Kier molecular flexibility index (Phi) is 5.21. The van der Waals surface area contributed by atoms with Gasteiger partial charge in [0, 0.05) is 5.41 Å². The third kappa shape index (κ3) is 3.59. The molecule has 0 amide bonds. The van der Waals surface area contributed by atoms with Gasteiger partial charge in [0.2, 0.25) is 0 Å². The molecule has 17 heavy (non-hydrogen) atoms. The van der Waals surface area contributed by atoms with E-state index in [0.717, 1.165) is 12.8 Å². The zero-order valence-corrected chi connectivity index (χ0v) is 11.4. The van der Waals surface area contributed by atoms with E-state index < -0.39 is 0 Å². The van der Waals surface area contributed by atoms with Gasteiger partial charge < -0.3 is 0 Å². The summed E-state index contributed by atoms with van der Waals surface area (Å²) in [5.41, 5.74) is 2.81. The molecule has 0 N–H and O–H groups in total. The molecule has 0 spiro atoms. The standard InChI is InChI=1S/C17H24/c1-5-7-12-15(11-6-2)17(3,4)16-13-9-8-10-14-16/h6-7,9,11-14H,2,5,8,10H2,1,3-4H3/b12-7-,15-11+. The highest BCUT2D eigenvalue weighted by molar-refractivity contribution is 5.42. The summed E-state index contributed by atoms with van der Waals surface area (Å²) in [7, 11) is 0. The monoisotopic (exact) mass is 228 g/mol. The molecular formula is C17H24. The summed E-state index contributed by atoms with van der Waals surface area (Å²) in [5, 5.41) is 0. The largest absolute Gasteiger partial charge is 0.0991 e. The molecule has 0 heteroatoms. The van der Waals surface area contributed by atoms with Crippen molar-refractivity contribution in [2.24, 2.45) is 5.41 Å². The normalized spacial score (nSPS) is 17.4. The first-order valence-corrected chi connectivity index (χ1v) is 6.49. The van der Waals surface area contributed by atoms with Crippen molar-refractivity contribution >= 4 is 0 Å². The van der Waals surface area contributed by atoms with Gasteiger partial charge in [-0.25, -0.2) is 0 Å². The molecule has 0 aromatic rings. The molecule has 0 heterocycles. The number of allylic oxidation sites excluding steroid dienone is 9. The van der Waals surface area contributed by atoms with E-state index in [1.54, 1.807) is 0 Å². The van der Waals surface area contributed by atoms with Gasteiger partial charge in [-0.3, -0.25) is 0 Å². The summed E-state index contributed by atoms with van der Waals surface area (Å²) in [4.78, 5) is 0. The lowest BCUT2D eigenvalue weighted by Gasteiger charge is -2.29. The maximum absolute atomic E-state index is 3.82. The minimum atomic E-state index is 0.0663. The van der Waals surface area contributed by atoms with Crippen molar-refractivity contribution < 1.29 is 0 Å². The van der Waals surface area contributed by atoms with Crippen LogP contribution >= 0.6 is 0 Å². The zero-order valence-electron chi connectivity index (χ0n) is 11.4. The van der Waals surface area contributed by atoms with Crippen molar-refractivity contribution in [2.45, 2.75) is 40.0 Å². The quantitative estimate of drug-likeness (QED) is 0.555. The van der Waals surface area contributed by atoms with E-state index >= 15 is 0 Å². The molecule has 0 unspecified atom stereocenters. The Morgan fingerprint density at radius 2 is 2.18 bits per heavy atom. The third-order valence-electron chi connectivity index (χ3n) is 3.27. The average Bonchev–Trinajstić information content (AvgIpc) is 2.35. The Morgan fingerprint density at radius 3 is 2.71 bits per heavy atom. The van der Waals surface area contributed by atoms with Gasteiger partial charge in [-0.15, -0.1) is 0 Å². The predicted molar refractivity (Wildman–Crippen MR) is 77.9 cm³/mol. The molecule has 0 aromatic carbocycles.